The molecule has 0 N–H and O–H groups in total. The molecule has 270 valence electrons. The van der Waals surface area contributed by atoms with Crippen molar-refractivity contribution >= 4 is 21.9 Å². The number of thioether (sulfide) groups is 1. The standard InChI is InChI=1S/C38H65NO6S2/c1-3-4-5-6-7-8-9-10-11-12-13-14-16-19-27-42-31-35-30-36(44-32-35)33-43-28-20-17-15-18-25-39-26-29-46-38(39)45-47(40,41)37-23-21-34(2)22-24-37/h21-24,26,29,35-36,38H,3-20,25,27-28,30-33H2,1-2H3. The lowest BCUT2D eigenvalue weighted by Crippen LogP contribution is -2.30. The molecule has 0 saturated carbocycles. The highest BCUT2D eigenvalue weighted by molar-refractivity contribution is 8.03. The summed E-state index contributed by atoms with van der Waals surface area (Å²) in [6, 6.07) is 6.76. The Morgan fingerprint density at radius 2 is 1.32 bits per heavy atom. The Labute approximate surface area is 292 Å². The number of hydrogen-bond donors (Lipinski definition) is 0. The smallest absolute Gasteiger partial charge is 0.299 e. The maximum Gasteiger partial charge on any atom is 0.299 e. The van der Waals surface area contributed by atoms with E-state index in [4.69, 9.17) is 18.4 Å². The van der Waals surface area contributed by atoms with E-state index in [0.29, 0.717) is 12.5 Å². The Kier molecular flexibility index (Phi) is 21.4. The molecule has 2 aliphatic heterocycles. The molecule has 0 aromatic heterocycles. The van der Waals surface area contributed by atoms with E-state index in [1.54, 1.807) is 24.3 Å². The Bertz CT molecular complexity index is 1050. The van der Waals surface area contributed by atoms with Gasteiger partial charge in [-0.15, -0.1) is 0 Å². The molecule has 0 radical (unpaired) electrons. The van der Waals surface area contributed by atoms with Crippen molar-refractivity contribution < 1.29 is 26.8 Å². The van der Waals surface area contributed by atoms with Crippen molar-refractivity contribution in [2.75, 3.05) is 39.6 Å². The van der Waals surface area contributed by atoms with E-state index in [1.165, 1.54) is 102 Å². The van der Waals surface area contributed by atoms with Gasteiger partial charge in [0.05, 0.1) is 30.8 Å². The molecule has 47 heavy (non-hydrogen) atoms. The Balaban J connectivity index is 1.07. The van der Waals surface area contributed by atoms with Crippen LogP contribution in [-0.2, 0) is 28.5 Å². The van der Waals surface area contributed by atoms with Crippen LogP contribution in [0.4, 0.5) is 0 Å². The van der Waals surface area contributed by atoms with E-state index in [2.05, 4.69) is 6.92 Å². The number of aryl methyl sites for hydroxylation is 1. The van der Waals surface area contributed by atoms with Crippen LogP contribution in [0.2, 0.25) is 0 Å². The zero-order valence-electron chi connectivity index (χ0n) is 29.6. The summed E-state index contributed by atoms with van der Waals surface area (Å²) in [5.74, 6) is 0.493. The molecule has 2 aliphatic rings. The summed E-state index contributed by atoms with van der Waals surface area (Å²) >= 11 is 1.38. The molecule has 0 amide bonds. The summed E-state index contributed by atoms with van der Waals surface area (Å²) < 4.78 is 48.7. The largest absolute Gasteiger partial charge is 0.381 e. The van der Waals surface area contributed by atoms with Gasteiger partial charge in [-0.2, -0.15) is 8.42 Å². The number of hydrogen-bond acceptors (Lipinski definition) is 8. The summed E-state index contributed by atoms with van der Waals surface area (Å²) in [6.07, 6.45) is 26.6. The van der Waals surface area contributed by atoms with Crippen molar-refractivity contribution in [2.45, 2.75) is 152 Å². The van der Waals surface area contributed by atoms with E-state index in [1.807, 2.05) is 23.4 Å². The van der Waals surface area contributed by atoms with Crippen LogP contribution in [0.15, 0.2) is 40.8 Å². The van der Waals surface area contributed by atoms with E-state index in [-0.39, 0.29) is 11.0 Å². The van der Waals surface area contributed by atoms with E-state index in [0.717, 1.165) is 70.6 Å². The second-order valence-corrected chi connectivity index (χ2v) is 16.1. The van der Waals surface area contributed by atoms with Crippen LogP contribution in [0.1, 0.15) is 134 Å². The second-order valence-electron chi connectivity index (χ2n) is 13.5. The fourth-order valence-corrected chi connectivity index (χ4v) is 8.28. The lowest BCUT2D eigenvalue weighted by atomic mass is 10.0. The maximum absolute atomic E-state index is 12.7. The zero-order chi connectivity index (χ0) is 33.4. The third-order valence-corrected chi connectivity index (χ3v) is 11.4. The van der Waals surface area contributed by atoms with Gasteiger partial charge in [-0.3, -0.25) is 0 Å². The number of rotatable bonds is 29. The average Bonchev–Trinajstić information content (AvgIpc) is 3.71. The molecule has 0 bridgehead atoms. The number of nitrogens with zero attached hydrogens (tertiary/aromatic N) is 1. The molecule has 7 nitrogen and oxygen atoms in total. The van der Waals surface area contributed by atoms with Crippen LogP contribution in [0.25, 0.3) is 0 Å². The molecule has 0 aliphatic carbocycles. The predicted octanol–water partition coefficient (Wildman–Crippen LogP) is 9.98. The SMILES string of the molecule is CCCCCCCCCCCCCCCCOCC1COC(COCCCCCCN2C=CSC2OS(=O)(=O)c2ccc(C)cc2)C1. The lowest BCUT2D eigenvalue weighted by Gasteiger charge is -2.24. The van der Waals surface area contributed by atoms with Gasteiger partial charge in [0.15, 0.2) is 0 Å². The van der Waals surface area contributed by atoms with Gasteiger partial charge < -0.3 is 19.1 Å². The summed E-state index contributed by atoms with van der Waals surface area (Å²) in [5, 5.41) is 1.89. The first-order valence-electron chi connectivity index (χ1n) is 18.8. The molecule has 3 rings (SSSR count). The van der Waals surface area contributed by atoms with Crippen molar-refractivity contribution in [3.8, 4) is 0 Å². The van der Waals surface area contributed by atoms with Gasteiger partial charge in [0.25, 0.3) is 10.1 Å². The lowest BCUT2D eigenvalue weighted by molar-refractivity contribution is 0.0140. The highest BCUT2D eigenvalue weighted by Gasteiger charge is 2.28. The molecule has 3 atom stereocenters. The molecule has 1 aromatic carbocycles. The minimum Gasteiger partial charge on any atom is -0.381 e. The van der Waals surface area contributed by atoms with E-state index in [9.17, 15) is 8.42 Å². The first-order chi connectivity index (χ1) is 23.0. The van der Waals surface area contributed by atoms with Crippen molar-refractivity contribution in [2.24, 2.45) is 5.92 Å². The Morgan fingerprint density at radius 1 is 0.766 bits per heavy atom. The van der Waals surface area contributed by atoms with Gasteiger partial charge in [-0.05, 0) is 50.1 Å². The van der Waals surface area contributed by atoms with Crippen molar-refractivity contribution in [1.82, 2.24) is 4.90 Å². The highest BCUT2D eigenvalue weighted by atomic mass is 32.2. The summed E-state index contributed by atoms with van der Waals surface area (Å²) in [4.78, 5) is 2.16. The first-order valence-corrected chi connectivity index (χ1v) is 21.2. The molecule has 1 fully saturated rings. The van der Waals surface area contributed by atoms with Crippen LogP contribution >= 0.6 is 11.8 Å². The molecule has 0 spiro atoms. The van der Waals surface area contributed by atoms with Crippen LogP contribution in [0.5, 0.6) is 0 Å². The minimum atomic E-state index is -3.80. The fourth-order valence-electron chi connectivity index (χ4n) is 6.18. The number of unbranched alkanes of at least 4 members (excludes halogenated alkanes) is 16. The normalized spacial score (nSPS) is 19.7. The van der Waals surface area contributed by atoms with E-state index >= 15 is 0 Å². The molecule has 1 aromatic rings. The number of ether oxygens (including phenoxy) is 3. The third kappa shape index (κ3) is 17.9. The molecular weight excluding hydrogens is 631 g/mol. The Morgan fingerprint density at radius 3 is 1.94 bits per heavy atom. The summed E-state index contributed by atoms with van der Waals surface area (Å²) in [5.41, 5.74) is 0.466. The highest BCUT2D eigenvalue weighted by Crippen LogP contribution is 2.30. The van der Waals surface area contributed by atoms with Gasteiger partial charge in [0.2, 0.25) is 5.56 Å². The summed E-state index contributed by atoms with van der Waals surface area (Å²) in [7, 11) is -3.80. The monoisotopic (exact) mass is 695 g/mol. The van der Waals surface area contributed by atoms with Gasteiger partial charge in [-0.25, -0.2) is 4.18 Å². The minimum absolute atomic E-state index is 0.192. The van der Waals surface area contributed by atoms with Crippen LogP contribution < -0.4 is 0 Å². The van der Waals surface area contributed by atoms with Gasteiger partial charge >= 0.3 is 0 Å². The molecule has 2 heterocycles. The molecule has 1 saturated heterocycles. The molecule has 3 unspecified atom stereocenters. The molecular formula is C38H65NO6S2. The number of benzene rings is 1. The topological polar surface area (TPSA) is 74.3 Å². The van der Waals surface area contributed by atoms with Gasteiger partial charge in [-0.1, -0.05) is 133 Å². The summed E-state index contributed by atoms with van der Waals surface area (Å²) in [6.45, 7) is 8.86. The predicted molar refractivity (Wildman–Crippen MR) is 195 cm³/mol. The van der Waals surface area contributed by atoms with Gasteiger partial charge in [0.1, 0.15) is 0 Å². The zero-order valence-corrected chi connectivity index (χ0v) is 31.2. The fraction of sp³-hybridized carbons (Fsp3) is 0.789. The van der Waals surface area contributed by atoms with E-state index < -0.39 is 15.7 Å². The molecule has 9 heteroatoms. The maximum atomic E-state index is 12.7. The third-order valence-electron chi connectivity index (χ3n) is 9.16. The average molecular weight is 696 g/mol. The van der Waals surface area contributed by atoms with Crippen molar-refractivity contribution in [3.05, 3.63) is 41.4 Å². The van der Waals surface area contributed by atoms with Gasteiger partial charge in [0, 0.05) is 31.9 Å². The Hall–Kier alpha value is -1.10. The van der Waals surface area contributed by atoms with Crippen LogP contribution in [0, 0.1) is 12.8 Å². The second kappa shape index (κ2) is 24.9. The van der Waals surface area contributed by atoms with Crippen molar-refractivity contribution in [3.63, 3.8) is 0 Å². The van der Waals surface area contributed by atoms with Crippen LogP contribution in [-0.4, -0.2) is 64.6 Å². The first kappa shape index (κ1) is 40.3. The van der Waals surface area contributed by atoms with Crippen LogP contribution in [0.3, 0.4) is 0 Å². The van der Waals surface area contributed by atoms with Crippen molar-refractivity contribution in [1.29, 1.82) is 0 Å². The quantitative estimate of drug-likeness (QED) is 0.0606.